The maximum atomic E-state index is 6.13. The van der Waals surface area contributed by atoms with Gasteiger partial charge in [-0.2, -0.15) is 0 Å². The van der Waals surface area contributed by atoms with Crippen molar-refractivity contribution in [2.75, 3.05) is 5.75 Å². The van der Waals surface area contributed by atoms with Crippen molar-refractivity contribution in [3.05, 3.63) is 47.3 Å². The number of aromatic nitrogens is 1. The number of hydrogen-bond donors (Lipinski definition) is 1. The number of hydrogen-bond acceptors (Lipinski definition) is 4. The van der Waals surface area contributed by atoms with Crippen LogP contribution in [0, 0.1) is 13.8 Å². The van der Waals surface area contributed by atoms with Crippen LogP contribution in [0.15, 0.2) is 40.2 Å². The number of aryl methyl sites for hydroxylation is 2. The fourth-order valence-corrected chi connectivity index (χ4v) is 2.40. The van der Waals surface area contributed by atoms with Gasteiger partial charge in [0.15, 0.2) is 0 Å². The van der Waals surface area contributed by atoms with Crippen LogP contribution < -0.4 is 5.73 Å². The highest BCUT2D eigenvalue weighted by molar-refractivity contribution is 7.99. The topological polar surface area (TPSA) is 52.0 Å². The van der Waals surface area contributed by atoms with E-state index in [-0.39, 0.29) is 6.04 Å². The van der Waals surface area contributed by atoms with Crippen LogP contribution in [0.3, 0.4) is 0 Å². The third-order valence-electron chi connectivity index (χ3n) is 2.45. The molecule has 0 spiro atoms. The molecule has 2 N–H and O–H groups in total. The molecule has 90 valence electrons. The van der Waals surface area contributed by atoms with Crippen molar-refractivity contribution in [1.82, 2.24) is 4.98 Å². The third-order valence-corrected chi connectivity index (χ3v) is 3.41. The highest BCUT2D eigenvalue weighted by atomic mass is 32.2. The predicted octanol–water partition coefficient (Wildman–Crippen LogP) is 3.08. The second-order valence-electron chi connectivity index (χ2n) is 4.09. The van der Waals surface area contributed by atoms with E-state index < -0.39 is 0 Å². The summed E-state index contributed by atoms with van der Waals surface area (Å²) in [5, 5.41) is 0.686. The zero-order chi connectivity index (χ0) is 12.3. The molecular formula is C13H16N2OS. The number of nitrogens with zero attached hydrogens (tertiary/aromatic N) is 1. The Balaban J connectivity index is 1.95. The van der Waals surface area contributed by atoms with Crippen LogP contribution in [-0.2, 0) is 0 Å². The molecule has 0 fully saturated rings. The lowest BCUT2D eigenvalue weighted by atomic mass is 10.1. The molecule has 0 aliphatic carbocycles. The van der Waals surface area contributed by atoms with Gasteiger partial charge in [0, 0.05) is 11.8 Å². The van der Waals surface area contributed by atoms with E-state index in [9.17, 15) is 0 Å². The zero-order valence-electron chi connectivity index (χ0n) is 10.0. The fraction of sp³-hybridized carbons (Fsp3) is 0.308. The molecule has 1 unspecified atom stereocenters. The van der Waals surface area contributed by atoms with Crippen LogP contribution in [0.1, 0.15) is 22.9 Å². The maximum absolute atomic E-state index is 6.13. The predicted molar refractivity (Wildman–Crippen MR) is 70.1 cm³/mol. The van der Waals surface area contributed by atoms with E-state index in [1.807, 2.05) is 13.0 Å². The monoisotopic (exact) mass is 248 g/mol. The van der Waals surface area contributed by atoms with Gasteiger partial charge in [0.2, 0.25) is 0 Å². The summed E-state index contributed by atoms with van der Waals surface area (Å²) in [7, 11) is 0. The molecule has 0 saturated heterocycles. The second-order valence-corrected chi connectivity index (χ2v) is 5.06. The first-order chi connectivity index (χ1) is 8.15. The summed E-state index contributed by atoms with van der Waals surface area (Å²) in [5.41, 5.74) is 9.41. The van der Waals surface area contributed by atoms with E-state index in [0.29, 0.717) is 5.22 Å². The number of nitrogens with two attached hydrogens (primary N) is 1. The van der Waals surface area contributed by atoms with E-state index in [0.717, 1.165) is 17.0 Å². The Labute approximate surface area is 105 Å². The van der Waals surface area contributed by atoms with Crippen molar-refractivity contribution in [3.8, 4) is 0 Å². The Morgan fingerprint density at radius 1 is 1.41 bits per heavy atom. The van der Waals surface area contributed by atoms with Crippen LogP contribution in [-0.4, -0.2) is 10.7 Å². The molecule has 3 nitrogen and oxygen atoms in total. The lowest BCUT2D eigenvalue weighted by Crippen LogP contribution is -2.13. The number of benzene rings is 1. The average molecular weight is 248 g/mol. The summed E-state index contributed by atoms with van der Waals surface area (Å²) in [6.07, 6.45) is 1.65. The van der Waals surface area contributed by atoms with Gasteiger partial charge in [-0.05, 0) is 19.4 Å². The molecule has 1 aromatic carbocycles. The summed E-state index contributed by atoms with van der Waals surface area (Å²) >= 11 is 1.55. The Morgan fingerprint density at radius 2 is 2.24 bits per heavy atom. The van der Waals surface area contributed by atoms with Crippen LogP contribution in [0.4, 0.5) is 0 Å². The summed E-state index contributed by atoms with van der Waals surface area (Å²) in [6.45, 7) is 3.98. The van der Waals surface area contributed by atoms with Crippen molar-refractivity contribution in [2.45, 2.75) is 25.1 Å². The Bertz CT molecular complexity index is 496. The molecule has 1 heterocycles. The van der Waals surface area contributed by atoms with Crippen LogP contribution >= 0.6 is 11.8 Å². The molecule has 0 aliphatic rings. The van der Waals surface area contributed by atoms with E-state index >= 15 is 0 Å². The van der Waals surface area contributed by atoms with Crippen LogP contribution in [0.2, 0.25) is 0 Å². The largest absolute Gasteiger partial charge is 0.440 e. The normalized spacial score (nSPS) is 12.6. The van der Waals surface area contributed by atoms with Gasteiger partial charge in [0.05, 0.1) is 5.69 Å². The maximum Gasteiger partial charge on any atom is 0.255 e. The molecular weight excluding hydrogens is 232 g/mol. The minimum atomic E-state index is 0.00658. The lowest BCUT2D eigenvalue weighted by Gasteiger charge is -2.10. The van der Waals surface area contributed by atoms with Crippen molar-refractivity contribution in [2.24, 2.45) is 5.73 Å². The quantitative estimate of drug-likeness (QED) is 0.845. The smallest absolute Gasteiger partial charge is 0.255 e. The summed E-state index contributed by atoms with van der Waals surface area (Å²) in [6, 6.07) is 8.28. The van der Waals surface area contributed by atoms with Gasteiger partial charge < -0.3 is 10.2 Å². The molecule has 0 amide bonds. The van der Waals surface area contributed by atoms with Crippen LogP contribution in [0.25, 0.3) is 0 Å². The molecule has 1 aromatic heterocycles. The number of rotatable bonds is 4. The first-order valence-electron chi connectivity index (χ1n) is 5.52. The average Bonchev–Trinajstić information content (AvgIpc) is 2.72. The van der Waals surface area contributed by atoms with E-state index in [1.54, 1.807) is 18.0 Å². The summed E-state index contributed by atoms with van der Waals surface area (Å²) < 4.78 is 5.27. The highest BCUT2D eigenvalue weighted by Crippen LogP contribution is 2.23. The lowest BCUT2D eigenvalue weighted by molar-refractivity contribution is 0.453. The molecule has 0 aliphatic heterocycles. The fourth-order valence-electron chi connectivity index (χ4n) is 1.56. The third kappa shape index (κ3) is 3.35. The van der Waals surface area contributed by atoms with Gasteiger partial charge in [-0.1, -0.05) is 41.6 Å². The molecule has 0 saturated carbocycles. The Kier molecular flexibility index (Phi) is 3.86. The minimum Gasteiger partial charge on any atom is -0.440 e. The molecule has 0 bridgehead atoms. The van der Waals surface area contributed by atoms with Gasteiger partial charge >= 0.3 is 0 Å². The molecule has 4 heteroatoms. The van der Waals surface area contributed by atoms with Gasteiger partial charge in [-0.25, -0.2) is 4.98 Å². The second kappa shape index (κ2) is 5.38. The first-order valence-corrected chi connectivity index (χ1v) is 6.51. The molecule has 2 rings (SSSR count). The highest BCUT2D eigenvalue weighted by Gasteiger charge is 2.09. The molecule has 1 atom stereocenters. The van der Waals surface area contributed by atoms with Gasteiger partial charge in [0.1, 0.15) is 6.26 Å². The minimum absolute atomic E-state index is 0.00658. The van der Waals surface area contributed by atoms with Crippen molar-refractivity contribution in [3.63, 3.8) is 0 Å². The Morgan fingerprint density at radius 3 is 2.88 bits per heavy atom. The molecule has 17 heavy (non-hydrogen) atoms. The SMILES string of the molecule is Cc1cccc(C(N)CSc2nc(C)co2)c1. The Hall–Kier alpha value is -1.26. The molecule has 2 aromatic rings. The van der Waals surface area contributed by atoms with Crippen molar-refractivity contribution < 1.29 is 4.42 Å². The van der Waals surface area contributed by atoms with Gasteiger partial charge in [0.25, 0.3) is 5.22 Å². The van der Waals surface area contributed by atoms with E-state index in [1.165, 1.54) is 5.56 Å². The van der Waals surface area contributed by atoms with E-state index in [4.69, 9.17) is 10.2 Å². The number of thioether (sulfide) groups is 1. The standard InChI is InChI=1S/C13H16N2OS/c1-9-4-3-5-11(6-9)12(14)8-17-13-15-10(2)7-16-13/h3-7,12H,8,14H2,1-2H3. The van der Waals surface area contributed by atoms with Gasteiger partial charge in [-0.3, -0.25) is 0 Å². The van der Waals surface area contributed by atoms with E-state index in [2.05, 4.69) is 30.1 Å². The van der Waals surface area contributed by atoms with Crippen molar-refractivity contribution in [1.29, 1.82) is 0 Å². The summed E-state index contributed by atoms with van der Waals surface area (Å²) in [5.74, 6) is 0.767. The van der Waals surface area contributed by atoms with Crippen LogP contribution in [0.5, 0.6) is 0 Å². The zero-order valence-corrected chi connectivity index (χ0v) is 10.8. The number of oxazole rings is 1. The molecule has 0 radical (unpaired) electrons. The van der Waals surface area contributed by atoms with Crippen molar-refractivity contribution >= 4 is 11.8 Å². The van der Waals surface area contributed by atoms with Gasteiger partial charge in [-0.15, -0.1) is 0 Å². The summed E-state index contributed by atoms with van der Waals surface area (Å²) in [4.78, 5) is 4.23. The first kappa shape index (κ1) is 12.2.